The molecule has 4 heteroatoms. The van der Waals surface area contributed by atoms with Crippen LogP contribution in [0.1, 0.15) is 76.5 Å². The van der Waals surface area contributed by atoms with Gasteiger partial charge in [-0.3, -0.25) is 4.90 Å². The SMILES string of the molecule is CCC(C)(C)N(Cc1ccccc1)C1(C)CCc2cc(-c3nnc(C4=CC=C(C)CC=C4)o3)ccc2C1. The quantitative estimate of drug-likeness (QED) is 0.335. The molecule has 37 heavy (non-hydrogen) atoms. The largest absolute Gasteiger partial charge is 0.416 e. The van der Waals surface area contributed by atoms with Gasteiger partial charge in [0.1, 0.15) is 0 Å². The fourth-order valence-electron chi connectivity index (χ4n) is 5.72. The van der Waals surface area contributed by atoms with Crippen molar-refractivity contribution in [3.8, 4) is 11.5 Å². The molecule has 0 saturated heterocycles. The molecule has 0 radical (unpaired) electrons. The summed E-state index contributed by atoms with van der Waals surface area (Å²) in [4.78, 5) is 2.75. The maximum absolute atomic E-state index is 6.12. The van der Waals surface area contributed by atoms with Crippen molar-refractivity contribution in [3.63, 3.8) is 0 Å². The molecule has 0 aliphatic heterocycles. The minimum absolute atomic E-state index is 0.0888. The molecule has 5 rings (SSSR count). The summed E-state index contributed by atoms with van der Waals surface area (Å²) in [5.74, 6) is 1.16. The molecule has 0 bridgehead atoms. The first-order chi connectivity index (χ1) is 17.8. The Balaban J connectivity index is 1.39. The Morgan fingerprint density at radius 1 is 1.00 bits per heavy atom. The molecule has 0 spiro atoms. The van der Waals surface area contributed by atoms with Crippen LogP contribution >= 0.6 is 0 Å². The zero-order valence-electron chi connectivity index (χ0n) is 22.9. The number of rotatable bonds is 7. The van der Waals surface area contributed by atoms with E-state index in [0.29, 0.717) is 11.8 Å². The number of benzene rings is 2. The van der Waals surface area contributed by atoms with Gasteiger partial charge in [0.2, 0.25) is 11.8 Å². The van der Waals surface area contributed by atoms with Crippen LogP contribution in [0.15, 0.2) is 82.8 Å². The van der Waals surface area contributed by atoms with E-state index in [1.807, 2.05) is 0 Å². The Morgan fingerprint density at radius 2 is 1.78 bits per heavy atom. The highest BCUT2D eigenvalue weighted by atomic mass is 16.4. The second-order valence-corrected chi connectivity index (χ2v) is 11.5. The van der Waals surface area contributed by atoms with Gasteiger partial charge in [0.05, 0.1) is 0 Å². The Bertz CT molecular complexity index is 1340. The van der Waals surface area contributed by atoms with Crippen LogP contribution in [0, 0.1) is 0 Å². The van der Waals surface area contributed by atoms with Gasteiger partial charge >= 0.3 is 0 Å². The van der Waals surface area contributed by atoms with Crippen LogP contribution in [-0.4, -0.2) is 26.2 Å². The van der Waals surface area contributed by atoms with Gasteiger partial charge in [-0.2, -0.15) is 0 Å². The van der Waals surface area contributed by atoms with Gasteiger partial charge in [-0.15, -0.1) is 10.2 Å². The summed E-state index contributed by atoms with van der Waals surface area (Å²) in [5.41, 5.74) is 7.68. The van der Waals surface area contributed by atoms with Crippen LogP contribution < -0.4 is 0 Å². The fourth-order valence-corrected chi connectivity index (χ4v) is 5.72. The number of fused-ring (bicyclic) bond motifs is 1. The maximum atomic E-state index is 6.12. The van der Waals surface area contributed by atoms with Crippen molar-refractivity contribution in [2.75, 3.05) is 0 Å². The Kier molecular flexibility index (Phi) is 7.04. The van der Waals surface area contributed by atoms with Crippen LogP contribution in [-0.2, 0) is 19.4 Å². The van der Waals surface area contributed by atoms with Gasteiger partial charge in [-0.1, -0.05) is 67.1 Å². The van der Waals surface area contributed by atoms with Crippen LogP contribution in [0.25, 0.3) is 17.0 Å². The minimum atomic E-state index is 0.0888. The summed E-state index contributed by atoms with van der Waals surface area (Å²) < 4.78 is 6.12. The molecule has 0 N–H and O–H groups in total. The minimum Gasteiger partial charge on any atom is -0.416 e. The van der Waals surface area contributed by atoms with Gasteiger partial charge in [0.25, 0.3) is 0 Å². The van der Waals surface area contributed by atoms with Crippen molar-refractivity contribution in [1.29, 1.82) is 0 Å². The molecule has 3 aromatic rings. The lowest BCUT2D eigenvalue weighted by atomic mass is 9.75. The first kappa shape index (κ1) is 25.4. The third-order valence-corrected chi connectivity index (χ3v) is 8.35. The lowest BCUT2D eigenvalue weighted by Gasteiger charge is -2.52. The highest BCUT2D eigenvalue weighted by molar-refractivity contribution is 5.71. The molecule has 2 aliphatic carbocycles. The van der Waals surface area contributed by atoms with Crippen molar-refractivity contribution in [2.45, 2.75) is 84.3 Å². The molecule has 1 atom stereocenters. The first-order valence-corrected chi connectivity index (χ1v) is 13.6. The van der Waals surface area contributed by atoms with E-state index in [2.05, 4.69) is 123 Å². The van der Waals surface area contributed by atoms with Crippen molar-refractivity contribution in [1.82, 2.24) is 15.1 Å². The highest BCUT2D eigenvalue weighted by Crippen LogP contribution is 2.40. The number of nitrogens with zero attached hydrogens (tertiary/aromatic N) is 3. The molecule has 1 aromatic heterocycles. The van der Waals surface area contributed by atoms with Crippen LogP contribution in [0.3, 0.4) is 0 Å². The second kappa shape index (κ2) is 10.3. The number of hydrogen-bond donors (Lipinski definition) is 0. The Morgan fingerprint density at radius 3 is 2.57 bits per heavy atom. The average molecular weight is 494 g/mol. The van der Waals surface area contributed by atoms with Gasteiger partial charge < -0.3 is 4.42 Å². The summed E-state index contributed by atoms with van der Waals surface area (Å²) >= 11 is 0. The van der Waals surface area contributed by atoms with Crippen molar-refractivity contribution in [3.05, 3.63) is 101 Å². The standard InChI is InChI=1S/C33H39N3O/c1-6-32(3,4)36(23-25-12-8-7-9-13-25)33(5)20-19-27-21-28(17-18-29(27)22-33)31-35-34-30(37-31)26-14-10-11-24(2)15-16-26/h7-10,12-18,21H,6,11,19-20,22-23H2,1-5H3. The molecule has 2 aromatic carbocycles. The zero-order valence-corrected chi connectivity index (χ0v) is 22.9. The van der Waals surface area contributed by atoms with Crippen molar-refractivity contribution >= 4 is 5.57 Å². The summed E-state index contributed by atoms with van der Waals surface area (Å²) in [6, 6.07) is 17.6. The van der Waals surface area contributed by atoms with E-state index in [9.17, 15) is 0 Å². The van der Waals surface area contributed by atoms with E-state index in [0.717, 1.165) is 49.8 Å². The number of aryl methyl sites for hydroxylation is 1. The van der Waals surface area contributed by atoms with E-state index in [-0.39, 0.29) is 11.1 Å². The lowest BCUT2D eigenvalue weighted by Crippen LogP contribution is -2.58. The maximum Gasteiger partial charge on any atom is 0.248 e. The predicted molar refractivity (Wildman–Crippen MR) is 152 cm³/mol. The smallest absolute Gasteiger partial charge is 0.248 e. The zero-order chi connectivity index (χ0) is 26.0. The van der Waals surface area contributed by atoms with Crippen LogP contribution in [0.5, 0.6) is 0 Å². The molecule has 0 saturated carbocycles. The molecule has 0 amide bonds. The molecular weight excluding hydrogens is 454 g/mol. The molecule has 2 aliphatic rings. The number of allylic oxidation sites excluding steroid dienone is 6. The summed E-state index contributed by atoms with van der Waals surface area (Å²) in [5, 5.41) is 8.73. The third kappa shape index (κ3) is 5.40. The van der Waals surface area contributed by atoms with E-state index in [1.165, 1.54) is 22.3 Å². The normalized spacial score (nSPS) is 19.8. The van der Waals surface area contributed by atoms with Gasteiger partial charge in [-0.05, 0) is 94.7 Å². The van der Waals surface area contributed by atoms with E-state index in [1.54, 1.807) is 0 Å². The third-order valence-electron chi connectivity index (χ3n) is 8.35. The van der Waals surface area contributed by atoms with Gasteiger partial charge in [-0.25, -0.2) is 0 Å². The van der Waals surface area contributed by atoms with Crippen molar-refractivity contribution < 1.29 is 4.42 Å². The molecule has 0 fully saturated rings. The molecule has 1 unspecified atom stereocenters. The van der Waals surface area contributed by atoms with Gasteiger partial charge in [0, 0.05) is 28.8 Å². The molecule has 4 nitrogen and oxygen atoms in total. The average Bonchev–Trinajstić information content (AvgIpc) is 3.29. The molecule has 1 heterocycles. The summed E-state index contributed by atoms with van der Waals surface area (Å²) in [6.07, 6.45) is 13.7. The van der Waals surface area contributed by atoms with E-state index >= 15 is 0 Å². The van der Waals surface area contributed by atoms with Crippen LogP contribution in [0.2, 0.25) is 0 Å². The fraction of sp³-hybridized carbons (Fsp3) is 0.394. The number of hydrogen-bond acceptors (Lipinski definition) is 4. The number of aromatic nitrogens is 2. The van der Waals surface area contributed by atoms with E-state index < -0.39 is 0 Å². The Labute approximate surface area is 221 Å². The summed E-state index contributed by atoms with van der Waals surface area (Å²) in [7, 11) is 0. The second-order valence-electron chi connectivity index (χ2n) is 11.5. The first-order valence-electron chi connectivity index (χ1n) is 13.6. The molecule has 192 valence electrons. The van der Waals surface area contributed by atoms with Crippen molar-refractivity contribution in [2.24, 2.45) is 0 Å². The highest BCUT2D eigenvalue weighted by Gasteiger charge is 2.42. The topological polar surface area (TPSA) is 42.2 Å². The monoisotopic (exact) mass is 493 g/mol. The molecular formula is C33H39N3O. The lowest BCUT2D eigenvalue weighted by molar-refractivity contribution is -0.0137. The van der Waals surface area contributed by atoms with E-state index in [4.69, 9.17) is 4.42 Å². The summed E-state index contributed by atoms with van der Waals surface area (Å²) in [6.45, 7) is 12.6. The van der Waals surface area contributed by atoms with Gasteiger partial charge in [0.15, 0.2) is 0 Å². The Hall–Kier alpha value is -3.24. The predicted octanol–water partition coefficient (Wildman–Crippen LogP) is 7.96. The van der Waals surface area contributed by atoms with Crippen LogP contribution in [0.4, 0.5) is 0 Å².